The van der Waals surface area contributed by atoms with Crippen molar-refractivity contribution < 1.29 is 4.79 Å². The minimum absolute atomic E-state index is 0.0517. The predicted molar refractivity (Wildman–Crippen MR) is 84.0 cm³/mol. The zero-order valence-electron chi connectivity index (χ0n) is 12.2. The molecule has 0 saturated heterocycles. The first-order valence-corrected chi connectivity index (χ1v) is 6.73. The van der Waals surface area contributed by atoms with E-state index in [-0.39, 0.29) is 5.91 Å². The van der Waals surface area contributed by atoms with Crippen LogP contribution in [0.1, 0.15) is 23.6 Å². The summed E-state index contributed by atoms with van der Waals surface area (Å²) < 4.78 is 0. The minimum atomic E-state index is -0.0517. The number of carbonyl (C=O) groups is 1. The summed E-state index contributed by atoms with van der Waals surface area (Å²) >= 11 is 0. The van der Waals surface area contributed by atoms with Gasteiger partial charge in [-0.3, -0.25) is 4.79 Å². The first kappa shape index (κ1) is 14.1. The Morgan fingerprint density at radius 3 is 2.50 bits per heavy atom. The Balaban J connectivity index is 2.10. The molecule has 0 atom stereocenters. The molecule has 0 heterocycles. The molecule has 0 radical (unpaired) electrons. The van der Waals surface area contributed by atoms with E-state index >= 15 is 0 Å². The van der Waals surface area contributed by atoms with Crippen molar-refractivity contribution in [1.82, 2.24) is 0 Å². The summed E-state index contributed by atoms with van der Waals surface area (Å²) in [5.74, 6) is -0.0517. The maximum Gasteiger partial charge on any atom is 0.221 e. The van der Waals surface area contributed by atoms with Gasteiger partial charge in [-0.1, -0.05) is 30.3 Å². The lowest BCUT2D eigenvalue weighted by Gasteiger charge is -2.12. The van der Waals surface area contributed by atoms with Crippen LogP contribution in [0.4, 0.5) is 11.4 Å². The van der Waals surface area contributed by atoms with E-state index in [1.54, 1.807) is 0 Å². The minimum Gasteiger partial charge on any atom is -0.381 e. The lowest BCUT2D eigenvalue weighted by atomic mass is 10.1. The molecule has 104 valence electrons. The summed E-state index contributed by atoms with van der Waals surface area (Å²) in [5, 5.41) is 6.24. The molecule has 0 aliphatic heterocycles. The summed E-state index contributed by atoms with van der Waals surface area (Å²) in [7, 11) is 0. The monoisotopic (exact) mass is 268 g/mol. The quantitative estimate of drug-likeness (QED) is 0.883. The van der Waals surface area contributed by atoms with Gasteiger partial charge in [0.2, 0.25) is 5.91 Å². The number of hydrogen-bond donors (Lipinski definition) is 2. The molecule has 0 aliphatic rings. The van der Waals surface area contributed by atoms with Crippen molar-refractivity contribution >= 4 is 17.3 Å². The first-order valence-electron chi connectivity index (χ1n) is 6.73. The maximum atomic E-state index is 11.2. The van der Waals surface area contributed by atoms with Crippen LogP contribution >= 0.6 is 0 Å². The van der Waals surface area contributed by atoms with Gasteiger partial charge in [-0.15, -0.1) is 0 Å². The van der Waals surface area contributed by atoms with E-state index in [1.165, 1.54) is 18.1 Å². The Labute approximate surface area is 120 Å². The van der Waals surface area contributed by atoms with Gasteiger partial charge < -0.3 is 10.6 Å². The lowest BCUT2D eigenvalue weighted by Crippen LogP contribution is -2.08. The van der Waals surface area contributed by atoms with E-state index in [9.17, 15) is 4.79 Å². The molecule has 3 heteroatoms. The van der Waals surface area contributed by atoms with Gasteiger partial charge in [0.25, 0.3) is 0 Å². The second kappa shape index (κ2) is 6.24. The van der Waals surface area contributed by atoms with Gasteiger partial charge in [-0.05, 0) is 42.7 Å². The smallest absolute Gasteiger partial charge is 0.221 e. The normalized spacial score (nSPS) is 10.2. The SMILES string of the molecule is CC(=O)Nc1cc(NCc2ccccc2C)ccc1C. The molecule has 0 bridgehead atoms. The highest BCUT2D eigenvalue weighted by atomic mass is 16.1. The number of hydrogen-bond acceptors (Lipinski definition) is 2. The van der Waals surface area contributed by atoms with Crippen molar-refractivity contribution in [3.8, 4) is 0 Å². The molecule has 2 aromatic rings. The van der Waals surface area contributed by atoms with Gasteiger partial charge >= 0.3 is 0 Å². The second-order valence-electron chi connectivity index (χ2n) is 4.99. The molecule has 3 nitrogen and oxygen atoms in total. The van der Waals surface area contributed by atoms with Crippen molar-refractivity contribution in [3.63, 3.8) is 0 Å². The molecule has 0 spiro atoms. The van der Waals surface area contributed by atoms with Crippen LogP contribution in [0.2, 0.25) is 0 Å². The fourth-order valence-corrected chi connectivity index (χ4v) is 2.06. The third kappa shape index (κ3) is 3.60. The number of anilines is 2. The maximum absolute atomic E-state index is 11.2. The number of amides is 1. The van der Waals surface area contributed by atoms with Gasteiger partial charge in [0.15, 0.2) is 0 Å². The van der Waals surface area contributed by atoms with Crippen molar-refractivity contribution in [2.75, 3.05) is 10.6 Å². The third-order valence-electron chi connectivity index (χ3n) is 3.29. The number of carbonyl (C=O) groups excluding carboxylic acids is 1. The molecule has 0 aromatic heterocycles. The molecular weight excluding hydrogens is 248 g/mol. The average molecular weight is 268 g/mol. The number of rotatable bonds is 4. The number of aryl methyl sites for hydroxylation is 2. The Bertz CT molecular complexity index is 620. The summed E-state index contributed by atoms with van der Waals surface area (Å²) in [4.78, 5) is 11.2. The lowest BCUT2D eigenvalue weighted by molar-refractivity contribution is -0.114. The van der Waals surface area contributed by atoms with Crippen LogP contribution in [-0.2, 0) is 11.3 Å². The highest BCUT2D eigenvalue weighted by molar-refractivity contribution is 5.90. The van der Waals surface area contributed by atoms with Crippen LogP contribution in [0, 0.1) is 13.8 Å². The zero-order chi connectivity index (χ0) is 14.5. The third-order valence-corrected chi connectivity index (χ3v) is 3.29. The van der Waals surface area contributed by atoms with Crippen molar-refractivity contribution in [1.29, 1.82) is 0 Å². The summed E-state index contributed by atoms with van der Waals surface area (Å²) in [6.45, 7) is 6.38. The largest absolute Gasteiger partial charge is 0.381 e. The highest BCUT2D eigenvalue weighted by Crippen LogP contribution is 2.21. The molecule has 2 aromatic carbocycles. The van der Waals surface area contributed by atoms with Crippen LogP contribution in [-0.4, -0.2) is 5.91 Å². The molecule has 20 heavy (non-hydrogen) atoms. The average Bonchev–Trinajstić information content (AvgIpc) is 2.40. The Morgan fingerprint density at radius 1 is 1.05 bits per heavy atom. The van der Waals surface area contributed by atoms with Crippen LogP contribution in [0.5, 0.6) is 0 Å². The molecule has 2 rings (SSSR count). The number of nitrogens with one attached hydrogen (secondary N) is 2. The molecule has 0 unspecified atom stereocenters. The topological polar surface area (TPSA) is 41.1 Å². The van der Waals surface area contributed by atoms with Gasteiger partial charge in [-0.25, -0.2) is 0 Å². The Kier molecular flexibility index (Phi) is 4.41. The Hall–Kier alpha value is -2.29. The summed E-state index contributed by atoms with van der Waals surface area (Å²) in [6, 6.07) is 14.3. The van der Waals surface area contributed by atoms with Crippen molar-refractivity contribution in [2.24, 2.45) is 0 Å². The van der Waals surface area contributed by atoms with Crippen molar-refractivity contribution in [3.05, 3.63) is 59.2 Å². The summed E-state index contributed by atoms with van der Waals surface area (Å²) in [5.41, 5.74) is 5.46. The van der Waals surface area contributed by atoms with Crippen LogP contribution in [0.15, 0.2) is 42.5 Å². The van der Waals surface area contributed by atoms with Gasteiger partial charge in [0, 0.05) is 24.8 Å². The Morgan fingerprint density at radius 2 is 1.80 bits per heavy atom. The second-order valence-corrected chi connectivity index (χ2v) is 4.99. The van der Waals surface area contributed by atoms with Crippen LogP contribution in [0.25, 0.3) is 0 Å². The molecule has 2 N–H and O–H groups in total. The van der Waals surface area contributed by atoms with Gasteiger partial charge in [0.1, 0.15) is 0 Å². The van der Waals surface area contributed by atoms with E-state index in [2.05, 4.69) is 29.7 Å². The standard InChI is InChI=1S/C17H20N2O/c1-12-6-4-5-7-15(12)11-18-16-9-8-13(2)17(10-16)19-14(3)20/h4-10,18H,11H2,1-3H3,(H,19,20). The molecule has 0 saturated carbocycles. The number of benzene rings is 2. The van der Waals surface area contributed by atoms with E-state index in [0.717, 1.165) is 23.5 Å². The van der Waals surface area contributed by atoms with Gasteiger partial charge in [0.05, 0.1) is 0 Å². The van der Waals surface area contributed by atoms with Crippen LogP contribution in [0.3, 0.4) is 0 Å². The zero-order valence-corrected chi connectivity index (χ0v) is 12.2. The van der Waals surface area contributed by atoms with Gasteiger partial charge in [-0.2, -0.15) is 0 Å². The first-order chi connectivity index (χ1) is 9.56. The highest BCUT2D eigenvalue weighted by Gasteiger charge is 2.03. The van der Waals surface area contributed by atoms with E-state index in [1.807, 2.05) is 37.3 Å². The fraction of sp³-hybridized carbons (Fsp3) is 0.235. The predicted octanol–water partition coefficient (Wildman–Crippen LogP) is 3.87. The van der Waals surface area contributed by atoms with Crippen LogP contribution < -0.4 is 10.6 Å². The molecule has 1 amide bonds. The fourth-order valence-electron chi connectivity index (χ4n) is 2.06. The molecule has 0 fully saturated rings. The van der Waals surface area contributed by atoms with E-state index in [0.29, 0.717) is 0 Å². The summed E-state index contributed by atoms with van der Waals surface area (Å²) in [6.07, 6.45) is 0. The molecular formula is C17H20N2O. The molecule has 0 aliphatic carbocycles. The van der Waals surface area contributed by atoms with E-state index < -0.39 is 0 Å². The van der Waals surface area contributed by atoms with E-state index in [4.69, 9.17) is 0 Å². The van der Waals surface area contributed by atoms with Crippen molar-refractivity contribution in [2.45, 2.75) is 27.3 Å².